The molecule has 0 saturated carbocycles. The molecule has 0 aromatic heterocycles. The molecule has 0 heterocycles. The smallest absolute Gasteiger partial charge is 0.387 e. The minimum absolute atomic E-state index is 0.257. The molecule has 2 aromatic rings. The van der Waals surface area contributed by atoms with Crippen molar-refractivity contribution in [3.05, 3.63) is 53.6 Å². The molecule has 0 unspecified atom stereocenters. The molecule has 232 valence electrons. The number of hydrogen-bond donors (Lipinski definition) is 2. The summed E-state index contributed by atoms with van der Waals surface area (Å²) in [6.07, 6.45) is -12.1. The van der Waals surface area contributed by atoms with Gasteiger partial charge in [0, 0.05) is 0 Å². The van der Waals surface area contributed by atoms with E-state index in [0.29, 0.717) is 35.9 Å². The molecule has 0 aliphatic heterocycles. The van der Waals surface area contributed by atoms with E-state index in [0.717, 1.165) is 5.39 Å². The van der Waals surface area contributed by atoms with Gasteiger partial charge in [0.25, 0.3) is 5.60 Å². The van der Waals surface area contributed by atoms with Crippen molar-refractivity contribution in [2.75, 3.05) is 0 Å². The Balaban J connectivity index is 2.83. The van der Waals surface area contributed by atoms with E-state index >= 15 is 0 Å². The summed E-state index contributed by atoms with van der Waals surface area (Å²) in [6, 6.07) is 8.69. The summed E-state index contributed by atoms with van der Waals surface area (Å²) in [5.74, 6) is 0. The van der Waals surface area contributed by atoms with Crippen molar-refractivity contribution in [3.8, 4) is 0 Å². The predicted octanol–water partition coefficient (Wildman–Crippen LogP) is 8.56. The molecule has 0 aliphatic carbocycles. The van der Waals surface area contributed by atoms with Crippen LogP contribution in [-0.2, 0) is 20.7 Å². The minimum atomic E-state index is -6.07. The van der Waals surface area contributed by atoms with Crippen LogP contribution in [0.25, 0.3) is 16.3 Å². The molecule has 0 fully saturated rings. The predicted molar refractivity (Wildman–Crippen MR) is 148 cm³/mol. The number of halogens is 6. The van der Waals surface area contributed by atoms with Crippen molar-refractivity contribution >= 4 is 16.3 Å². The van der Waals surface area contributed by atoms with Crippen LogP contribution in [0.4, 0.5) is 26.3 Å². The van der Waals surface area contributed by atoms with Gasteiger partial charge in [0.1, 0.15) is 5.60 Å². The van der Waals surface area contributed by atoms with Gasteiger partial charge >= 0.3 is 12.4 Å². The molecular weight excluding hydrogens is 550 g/mol. The van der Waals surface area contributed by atoms with E-state index in [1.807, 2.05) is 12.1 Å². The summed E-state index contributed by atoms with van der Waals surface area (Å²) in [5, 5.41) is 22.2. The van der Waals surface area contributed by atoms with E-state index in [4.69, 9.17) is 9.47 Å². The highest BCUT2D eigenvalue weighted by atomic mass is 19.4. The summed E-state index contributed by atoms with van der Waals surface area (Å²) in [5.41, 5.74) is -11.2. The number of alkyl halides is 6. The molecule has 10 heteroatoms. The highest BCUT2D eigenvalue weighted by molar-refractivity contribution is 5.96. The molecule has 0 aliphatic rings. The quantitative estimate of drug-likeness (QED) is 0.287. The van der Waals surface area contributed by atoms with E-state index in [1.54, 1.807) is 66.7 Å². The topological polar surface area (TPSA) is 58.9 Å². The Kier molecular flexibility index (Phi) is 8.76. The molecular formula is C31H42F6O4. The Morgan fingerprint density at radius 3 is 1.56 bits per heavy atom. The van der Waals surface area contributed by atoms with E-state index in [-0.39, 0.29) is 5.56 Å². The van der Waals surface area contributed by atoms with Gasteiger partial charge in [0.2, 0.25) is 0 Å². The summed E-state index contributed by atoms with van der Waals surface area (Å²) in [7, 11) is 0. The van der Waals surface area contributed by atoms with E-state index in [2.05, 4.69) is 6.58 Å². The largest absolute Gasteiger partial charge is 0.429 e. The van der Waals surface area contributed by atoms with Crippen LogP contribution in [0.2, 0.25) is 0 Å². The van der Waals surface area contributed by atoms with Gasteiger partial charge in [0.05, 0.1) is 22.4 Å². The molecule has 2 aromatic carbocycles. The SMILES string of the molecule is C=C(C)c1cc(C(C)(C)OC(C)(C)C(O)(C(F)(F)F)C(F)(F)F)cc2c(C(C)(C)OC(C)(C)C(C)(C)O)cccc12. The molecule has 0 radical (unpaired) electrons. The lowest BCUT2D eigenvalue weighted by molar-refractivity contribution is -0.420. The van der Waals surface area contributed by atoms with Gasteiger partial charge in [-0.25, -0.2) is 0 Å². The van der Waals surface area contributed by atoms with Crippen LogP contribution in [0.5, 0.6) is 0 Å². The molecule has 0 bridgehead atoms. The van der Waals surface area contributed by atoms with Gasteiger partial charge in [0.15, 0.2) is 0 Å². The van der Waals surface area contributed by atoms with Gasteiger partial charge in [-0.05, 0) is 116 Å². The number of ether oxygens (including phenoxy) is 2. The average Bonchev–Trinajstić information content (AvgIpc) is 2.73. The highest BCUT2D eigenvalue weighted by Crippen LogP contribution is 2.52. The lowest BCUT2D eigenvalue weighted by Crippen LogP contribution is -2.70. The normalized spacial score (nSPS) is 15.0. The molecule has 41 heavy (non-hydrogen) atoms. The summed E-state index contributed by atoms with van der Waals surface area (Å²) in [4.78, 5) is 0. The number of aliphatic hydroxyl groups is 2. The fraction of sp³-hybridized carbons (Fsp3) is 0.613. The second-order valence-corrected chi connectivity index (χ2v) is 13.2. The molecule has 0 amide bonds. The zero-order valence-corrected chi connectivity index (χ0v) is 25.6. The molecule has 0 atom stereocenters. The number of benzene rings is 2. The molecule has 2 N–H and O–H groups in total. The Labute approximate surface area is 238 Å². The van der Waals surface area contributed by atoms with Crippen LogP contribution >= 0.6 is 0 Å². The number of rotatable bonds is 9. The molecule has 4 nitrogen and oxygen atoms in total. The van der Waals surface area contributed by atoms with Crippen molar-refractivity contribution in [1.29, 1.82) is 0 Å². The maximum absolute atomic E-state index is 13.8. The monoisotopic (exact) mass is 592 g/mol. The van der Waals surface area contributed by atoms with Gasteiger partial charge in [-0.2, -0.15) is 26.3 Å². The molecule has 0 spiro atoms. The first-order chi connectivity index (χ1) is 17.9. The fourth-order valence-electron chi connectivity index (χ4n) is 5.04. The summed E-state index contributed by atoms with van der Waals surface area (Å²) in [6.45, 7) is 19.9. The first-order valence-electron chi connectivity index (χ1n) is 13.1. The third kappa shape index (κ3) is 6.31. The number of hydrogen-bond acceptors (Lipinski definition) is 4. The summed E-state index contributed by atoms with van der Waals surface area (Å²) >= 11 is 0. The Bertz CT molecular complexity index is 1280. The van der Waals surface area contributed by atoms with Crippen molar-refractivity contribution in [2.24, 2.45) is 0 Å². The lowest BCUT2D eigenvalue weighted by Gasteiger charge is -2.47. The third-order valence-corrected chi connectivity index (χ3v) is 7.99. The maximum atomic E-state index is 13.8. The first-order valence-corrected chi connectivity index (χ1v) is 13.1. The third-order valence-electron chi connectivity index (χ3n) is 7.99. The Morgan fingerprint density at radius 1 is 0.683 bits per heavy atom. The van der Waals surface area contributed by atoms with Crippen LogP contribution in [0.15, 0.2) is 36.9 Å². The Hall–Kier alpha value is -2.14. The van der Waals surface area contributed by atoms with Gasteiger partial charge in [-0.1, -0.05) is 30.4 Å². The van der Waals surface area contributed by atoms with Gasteiger partial charge < -0.3 is 19.7 Å². The zero-order valence-electron chi connectivity index (χ0n) is 25.6. The second-order valence-electron chi connectivity index (χ2n) is 13.2. The maximum Gasteiger partial charge on any atom is 0.429 e. The first kappa shape index (κ1) is 35.1. The Morgan fingerprint density at radius 2 is 1.15 bits per heavy atom. The molecule has 0 saturated heterocycles. The second kappa shape index (κ2) is 10.2. The fourth-order valence-corrected chi connectivity index (χ4v) is 5.04. The van der Waals surface area contributed by atoms with Crippen molar-refractivity contribution in [2.45, 2.75) is 122 Å². The van der Waals surface area contributed by atoms with Crippen LogP contribution < -0.4 is 0 Å². The van der Waals surface area contributed by atoms with E-state index in [1.165, 1.54) is 13.8 Å². The van der Waals surface area contributed by atoms with Crippen LogP contribution in [-0.4, -0.2) is 45.0 Å². The lowest BCUT2D eigenvalue weighted by atomic mass is 9.81. The average molecular weight is 593 g/mol. The van der Waals surface area contributed by atoms with Crippen molar-refractivity contribution in [1.82, 2.24) is 0 Å². The van der Waals surface area contributed by atoms with Crippen molar-refractivity contribution < 1.29 is 46.0 Å². The van der Waals surface area contributed by atoms with E-state index < -0.39 is 46.0 Å². The minimum Gasteiger partial charge on any atom is -0.387 e. The van der Waals surface area contributed by atoms with Crippen LogP contribution in [0.1, 0.15) is 92.9 Å². The number of allylic oxidation sites excluding steroid dienone is 1. The summed E-state index contributed by atoms with van der Waals surface area (Å²) < 4.78 is 94.6. The highest BCUT2D eigenvalue weighted by Gasteiger charge is 2.78. The molecule has 2 rings (SSSR count). The van der Waals surface area contributed by atoms with Crippen LogP contribution in [0.3, 0.4) is 0 Å². The van der Waals surface area contributed by atoms with E-state index in [9.17, 15) is 36.6 Å². The zero-order chi connectivity index (χ0) is 32.4. The van der Waals surface area contributed by atoms with Crippen LogP contribution in [0, 0.1) is 0 Å². The number of fused-ring (bicyclic) bond motifs is 1. The standard InChI is InChI=1S/C31H42F6O4/c1-18(2)21-16-19(24(3,4)40-28(11,12)29(39,30(32,33)34)31(35,36)37)17-22-20(21)14-13-15-23(22)25(5,6)41-27(9,10)26(7,8)38/h13-17,38-39H,1H2,2-12H3. The van der Waals surface area contributed by atoms with Gasteiger partial charge in [-0.3, -0.25) is 0 Å². The van der Waals surface area contributed by atoms with Crippen molar-refractivity contribution in [3.63, 3.8) is 0 Å². The van der Waals surface area contributed by atoms with Gasteiger partial charge in [-0.15, -0.1) is 0 Å².